The number of fused-ring (bicyclic) bond motifs is 2. The van der Waals surface area contributed by atoms with E-state index in [0.29, 0.717) is 37.6 Å². The van der Waals surface area contributed by atoms with Gasteiger partial charge in [-0.05, 0) is 50.2 Å². The highest BCUT2D eigenvalue weighted by Crippen LogP contribution is 2.65. The van der Waals surface area contributed by atoms with Gasteiger partial charge in [-0.15, -0.1) is 18.3 Å². The summed E-state index contributed by atoms with van der Waals surface area (Å²) in [7, 11) is 0. The van der Waals surface area contributed by atoms with Crippen LogP contribution in [0.5, 0.6) is 0 Å². The first-order valence-corrected chi connectivity index (χ1v) is 15.3. The number of aromatic nitrogens is 3. The summed E-state index contributed by atoms with van der Waals surface area (Å²) in [4.78, 5) is 46.1. The minimum atomic E-state index is -1.23. The van der Waals surface area contributed by atoms with Crippen molar-refractivity contribution < 1.29 is 29.0 Å². The Morgan fingerprint density at radius 3 is 2.70 bits per heavy atom. The van der Waals surface area contributed by atoms with E-state index in [2.05, 4.69) is 23.5 Å². The van der Waals surface area contributed by atoms with Crippen LogP contribution < -0.4 is 0 Å². The van der Waals surface area contributed by atoms with Gasteiger partial charge in [-0.3, -0.25) is 14.4 Å². The van der Waals surface area contributed by atoms with E-state index in [9.17, 15) is 19.5 Å². The molecule has 3 saturated heterocycles. The summed E-state index contributed by atoms with van der Waals surface area (Å²) in [5.41, 5.74) is -0.681. The van der Waals surface area contributed by atoms with E-state index in [1.54, 1.807) is 21.7 Å². The Morgan fingerprint density at radius 1 is 1.26 bits per heavy atom. The Morgan fingerprint density at radius 2 is 2.02 bits per heavy atom. The van der Waals surface area contributed by atoms with Gasteiger partial charge >= 0.3 is 5.97 Å². The second-order valence-corrected chi connectivity index (χ2v) is 12.2. The van der Waals surface area contributed by atoms with Gasteiger partial charge in [0.05, 0.1) is 36.3 Å². The number of para-hydroxylation sites is 1. The predicted molar refractivity (Wildman–Crippen MR) is 159 cm³/mol. The molecular weight excluding hydrogens is 550 g/mol. The fourth-order valence-electron chi connectivity index (χ4n) is 7.49. The van der Waals surface area contributed by atoms with Gasteiger partial charge in [-0.25, -0.2) is 4.68 Å². The number of nitrogens with zero attached hydrogens (tertiary/aromatic N) is 5. The van der Waals surface area contributed by atoms with Crippen molar-refractivity contribution in [2.75, 3.05) is 19.8 Å². The molecule has 0 saturated carbocycles. The van der Waals surface area contributed by atoms with Gasteiger partial charge < -0.3 is 24.4 Å². The lowest BCUT2D eigenvalue weighted by Gasteiger charge is -2.40. The summed E-state index contributed by atoms with van der Waals surface area (Å²) in [5, 5.41) is 19.0. The molecular formula is C32H43N5O6. The minimum Gasteiger partial charge on any atom is -0.465 e. The number of ether oxygens (including phenoxy) is 2. The van der Waals surface area contributed by atoms with E-state index >= 15 is 0 Å². The van der Waals surface area contributed by atoms with E-state index in [0.717, 1.165) is 5.52 Å². The standard InChI is InChI=1S/C32H43N5O6/c1-6-9-12-18-42-30(41)26-25-28(39)37(24(19-38)21(4)5)27(32(25)16-15-31(26,8-3)43-32)29(40)35(17-7-2)20-36-23-14-11-10-13-22(23)33-34-36/h6-7,10-11,13-14,21,24-27,38H,1-2,8-9,12,15-20H2,3-5H3/t24-,25-,26+,27?,31-,32?/m0/s1. The summed E-state index contributed by atoms with van der Waals surface area (Å²) in [5.74, 6) is -3.07. The van der Waals surface area contributed by atoms with Crippen molar-refractivity contribution >= 4 is 28.8 Å². The zero-order chi connectivity index (χ0) is 30.9. The summed E-state index contributed by atoms with van der Waals surface area (Å²) in [6.07, 6.45) is 6.20. The topological polar surface area (TPSA) is 127 Å². The molecule has 3 aliphatic heterocycles. The van der Waals surface area contributed by atoms with E-state index in [-0.39, 0.29) is 44.2 Å². The molecule has 2 amide bonds. The van der Waals surface area contributed by atoms with Crippen molar-refractivity contribution in [1.29, 1.82) is 0 Å². The Labute approximate surface area is 252 Å². The largest absolute Gasteiger partial charge is 0.465 e. The average molecular weight is 594 g/mol. The van der Waals surface area contributed by atoms with Gasteiger partial charge in [0.25, 0.3) is 0 Å². The highest BCUT2D eigenvalue weighted by atomic mass is 16.6. The molecule has 11 heteroatoms. The fourth-order valence-corrected chi connectivity index (χ4v) is 7.49. The van der Waals surface area contributed by atoms with Crippen LogP contribution in [-0.2, 0) is 30.5 Å². The number of hydrogen-bond acceptors (Lipinski definition) is 8. The maximum atomic E-state index is 14.8. The van der Waals surface area contributed by atoms with Crippen molar-refractivity contribution in [3.8, 4) is 0 Å². The molecule has 3 fully saturated rings. The molecule has 1 aromatic heterocycles. The molecule has 1 spiro atoms. The molecule has 4 heterocycles. The number of benzene rings is 1. The fraction of sp³-hybridized carbons (Fsp3) is 0.594. The molecule has 43 heavy (non-hydrogen) atoms. The lowest BCUT2D eigenvalue weighted by atomic mass is 9.65. The minimum absolute atomic E-state index is 0.0732. The van der Waals surface area contributed by atoms with E-state index in [1.165, 1.54) is 4.90 Å². The average Bonchev–Trinajstić information content (AvgIpc) is 3.72. The highest BCUT2D eigenvalue weighted by Gasteiger charge is 2.79. The van der Waals surface area contributed by atoms with E-state index in [1.807, 2.05) is 45.0 Å². The number of amides is 2. The molecule has 2 aromatic rings. The quantitative estimate of drug-likeness (QED) is 0.201. The SMILES string of the molecule is C=CCCCOC(=O)[C@H]1[C@H]2C(=O)N([C@@H](CO)C(C)C)C(C(=O)N(CC=C)Cn3nnc4ccccc43)C23CC[C@]1(CC)O3. The number of aliphatic hydroxyl groups is 1. The summed E-state index contributed by atoms with van der Waals surface area (Å²) in [6.45, 7) is 13.5. The second-order valence-electron chi connectivity index (χ2n) is 12.2. The normalized spacial score (nSPS) is 28.3. The van der Waals surface area contributed by atoms with Gasteiger partial charge in [-0.2, -0.15) is 0 Å². The van der Waals surface area contributed by atoms with Gasteiger partial charge in [-0.1, -0.05) is 50.3 Å². The summed E-state index contributed by atoms with van der Waals surface area (Å²) in [6, 6.07) is 5.78. The van der Waals surface area contributed by atoms with Crippen LogP contribution in [-0.4, -0.2) is 90.7 Å². The first kappa shape index (κ1) is 30.9. The molecule has 1 aromatic carbocycles. The van der Waals surface area contributed by atoms with Gasteiger partial charge in [0.1, 0.15) is 29.7 Å². The lowest BCUT2D eigenvalue weighted by Crippen LogP contribution is -2.59. The van der Waals surface area contributed by atoms with Crippen LogP contribution >= 0.6 is 0 Å². The molecule has 3 aliphatic rings. The molecule has 0 radical (unpaired) electrons. The van der Waals surface area contributed by atoms with Crippen LogP contribution in [0.4, 0.5) is 0 Å². The van der Waals surface area contributed by atoms with Gasteiger partial charge in [0, 0.05) is 6.54 Å². The van der Waals surface area contributed by atoms with Crippen molar-refractivity contribution in [2.45, 2.75) is 82.8 Å². The third-order valence-electron chi connectivity index (χ3n) is 9.60. The van der Waals surface area contributed by atoms with Crippen molar-refractivity contribution in [3.05, 3.63) is 49.6 Å². The van der Waals surface area contributed by atoms with Crippen LogP contribution in [0.15, 0.2) is 49.6 Å². The molecule has 11 nitrogen and oxygen atoms in total. The first-order valence-electron chi connectivity index (χ1n) is 15.3. The molecule has 1 N–H and O–H groups in total. The summed E-state index contributed by atoms with van der Waals surface area (Å²) < 4.78 is 14.2. The number of hydrogen-bond donors (Lipinski definition) is 1. The van der Waals surface area contributed by atoms with Gasteiger partial charge in [0.2, 0.25) is 11.8 Å². The summed E-state index contributed by atoms with van der Waals surface area (Å²) >= 11 is 0. The Balaban J connectivity index is 1.56. The van der Waals surface area contributed by atoms with Crippen molar-refractivity contribution in [1.82, 2.24) is 24.8 Å². The lowest BCUT2D eigenvalue weighted by molar-refractivity contribution is -0.164. The number of rotatable bonds is 14. The number of esters is 1. The predicted octanol–water partition coefficient (Wildman–Crippen LogP) is 3.08. The van der Waals surface area contributed by atoms with Crippen molar-refractivity contribution in [3.63, 3.8) is 0 Å². The molecule has 0 aliphatic carbocycles. The molecule has 2 bridgehead atoms. The smallest absolute Gasteiger partial charge is 0.312 e. The maximum absolute atomic E-state index is 14.8. The molecule has 5 rings (SSSR count). The number of likely N-dealkylation sites (tertiary alicyclic amines) is 1. The van der Waals surface area contributed by atoms with Crippen LogP contribution in [0, 0.1) is 17.8 Å². The maximum Gasteiger partial charge on any atom is 0.312 e. The number of carbonyl (C=O) groups excluding carboxylic acids is 3. The number of aliphatic hydroxyl groups excluding tert-OH is 1. The van der Waals surface area contributed by atoms with Crippen molar-refractivity contribution in [2.24, 2.45) is 17.8 Å². The van der Waals surface area contributed by atoms with Gasteiger partial charge in [0.15, 0.2) is 0 Å². The Bertz CT molecular complexity index is 1390. The van der Waals surface area contributed by atoms with E-state index in [4.69, 9.17) is 9.47 Å². The zero-order valence-electron chi connectivity index (χ0n) is 25.4. The molecule has 232 valence electrons. The second kappa shape index (κ2) is 12.2. The Hall–Kier alpha value is -3.57. The monoisotopic (exact) mass is 593 g/mol. The number of unbranched alkanes of at least 4 members (excludes halogenated alkanes) is 1. The number of carbonyl (C=O) groups is 3. The zero-order valence-corrected chi connectivity index (χ0v) is 25.4. The first-order chi connectivity index (χ1) is 20.7. The Kier molecular flexibility index (Phi) is 8.76. The van der Waals surface area contributed by atoms with Crippen LogP contribution in [0.3, 0.4) is 0 Å². The van der Waals surface area contributed by atoms with Crippen LogP contribution in [0.2, 0.25) is 0 Å². The molecule has 2 unspecified atom stereocenters. The van der Waals surface area contributed by atoms with Crippen LogP contribution in [0.1, 0.15) is 52.9 Å². The highest BCUT2D eigenvalue weighted by molar-refractivity contribution is 5.98. The third kappa shape index (κ3) is 4.96. The number of allylic oxidation sites excluding steroid dienone is 1. The van der Waals surface area contributed by atoms with E-state index < -0.39 is 41.1 Å². The third-order valence-corrected chi connectivity index (χ3v) is 9.60. The molecule has 6 atom stereocenters. The van der Waals surface area contributed by atoms with Crippen LogP contribution in [0.25, 0.3) is 11.0 Å².